The lowest BCUT2D eigenvalue weighted by Gasteiger charge is -2.17. The molecule has 4 nitrogen and oxygen atoms in total. The molecule has 0 saturated carbocycles. The quantitative estimate of drug-likeness (QED) is 0.815. The van der Waals surface area contributed by atoms with Gasteiger partial charge in [0.2, 0.25) is 5.91 Å². The Hall–Kier alpha value is -1.62. The number of nitrogens with two attached hydrogens (primary N) is 1. The Morgan fingerprint density at radius 2 is 1.89 bits per heavy atom. The lowest BCUT2D eigenvalue weighted by atomic mass is 10.2. The molecule has 1 amide bonds. The van der Waals surface area contributed by atoms with Gasteiger partial charge in [0, 0.05) is 24.5 Å². The van der Waals surface area contributed by atoms with Crippen molar-refractivity contribution in [2.45, 2.75) is 19.3 Å². The van der Waals surface area contributed by atoms with Gasteiger partial charge >= 0.3 is 0 Å². The van der Waals surface area contributed by atoms with E-state index in [0.717, 1.165) is 18.8 Å². The Balaban J connectivity index is 1.94. The number of rotatable bonds is 4. The van der Waals surface area contributed by atoms with Crippen LogP contribution in [0.5, 0.6) is 0 Å². The number of carbonyl (C=O) groups excluding carboxylic acids is 1. The highest BCUT2D eigenvalue weighted by Gasteiger charge is 2.12. The second-order valence-corrected chi connectivity index (χ2v) is 4.96. The van der Waals surface area contributed by atoms with Crippen LogP contribution < -0.4 is 16.0 Å². The minimum absolute atomic E-state index is 0.0865. The van der Waals surface area contributed by atoms with Crippen LogP contribution in [0.15, 0.2) is 24.3 Å². The smallest absolute Gasteiger partial charge is 0.231 e. The Kier molecular flexibility index (Phi) is 4.15. The second kappa shape index (κ2) is 5.82. The molecule has 1 aromatic carbocycles. The molecule has 0 radical (unpaired) electrons. The van der Waals surface area contributed by atoms with Gasteiger partial charge in [0.15, 0.2) is 0 Å². The van der Waals surface area contributed by atoms with E-state index in [0.29, 0.717) is 0 Å². The predicted octanol–water partition coefficient (Wildman–Crippen LogP) is 1.90. The van der Waals surface area contributed by atoms with Crippen molar-refractivity contribution in [2.75, 3.05) is 23.3 Å². The van der Waals surface area contributed by atoms with Crippen LogP contribution >= 0.6 is 12.2 Å². The molecule has 5 heteroatoms. The minimum Gasteiger partial charge on any atom is -0.393 e. The first kappa shape index (κ1) is 12.8. The number of carbonyl (C=O) groups is 1. The fourth-order valence-corrected chi connectivity index (χ4v) is 2.23. The number of nitrogens with zero attached hydrogens (tertiary/aromatic N) is 1. The molecular formula is C13H17N3OS. The molecule has 1 fully saturated rings. The molecule has 1 aromatic rings. The summed E-state index contributed by atoms with van der Waals surface area (Å²) in [4.78, 5) is 14.0. The van der Waals surface area contributed by atoms with Crippen LogP contribution in [0.25, 0.3) is 0 Å². The number of nitrogens with one attached hydrogen (secondary N) is 1. The Bertz CT molecular complexity index is 438. The highest BCUT2D eigenvalue weighted by atomic mass is 32.1. The van der Waals surface area contributed by atoms with Crippen LogP contribution in [0.3, 0.4) is 0 Å². The molecule has 1 aliphatic rings. The van der Waals surface area contributed by atoms with Gasteiger partial charge in [-0.25, -0.2) is 0 Å². The van der Waals surface area contributed by atoms with Gasteiger partial charge in [-0.1, -0.05) is 12.2 Å². The summed E-state index contributed by atoms with van der Waals surface area (Å²) in [5.74, 6) is -0.170. The van der Waals surface area contributed by atoms with Crippen LogP contribution in [0, 0.1) is 0 Å². The fraction of sp³-hybridized carbons (Fsp3) is 0.385. The van der Waals surface area contributed by atoms with Crippen molar-refractivity contribution in [2.24, 2.45) is 5.73 Å². The lowest BCUT2D eigenvalue weighted by Crippen LogP contribution is -2.20. The maximum absolute atomic E-state index is 11.5. The van der Waals surface area contributed by atoms with Crippen LogP contribution in [-0.2, 0) is 4.79 Å². The average Bonchev–Trinajstić information content (AvgIpc) is 2.82. The van der Waals surface area contributed by atoms with E-state index in [2.05, 4.69) is 10.2 Å². The molecule has 18 heavy (non-hydrogen) atoms. The molecule has 96 valence electrons. The van der Waals surface area contributed by atoms with Crippen molar-refractivity contribution in [3.05, 3.63) is 24.3 Å². The summed E-state index contributed by atoms with van der Waals surface area (Å²) in [6.07, 6.45) is 2.60. The SMILES string of the molecule is NC(=S)CC(=O)Nc1ccc(N2CCCC2)cc1. The zero-order valence-electron chi connectivity index (χ0n) is 10.2. The Morgan fingerprint density at radius 1 is 1.28 bits per heavy atom. The topological polar surface area (TPSA) is 58.4 Å². The molecule has 2 rings (SSSR count). The monoisotopic (exact) mass is 263 g/mol. The standard InChI is InChI=1S/C13H17N3OS/c14-12(18)9-13(17)15-10-3-5-11(6-4-10)16-7-1-2-8-16/h3-6H,1-2,7-9H2,(H2,14,18)(H,15,17). The van der Waals surface area contributed by atoms with Gasteiger partial charge in [-0.15, -0.1) is 0 Å². The molecule has 0 atom stereocenters. The maximum atomic E-state index is 11.5. The van der Waals surface area contributed by atoms with E-state index >= 15 is 0 Å². The van der Waals surface area contributed by atoms with Gasteiger partial charge in [0.25, 0.3) is 0 Å². The van der Waals surface area contributed by atoms with Gasteiger partial charge in [-0.05, 0) is 37.1 Å². The van der Waals surface area contributed by atoms with E-state index in [9.17, 15) is 4.79 Å². The third-order valence-electron chi connectivity index (χ3n) is 2.96. The Morgan fingerprint density at radius 3 is 2.44 bits per heavy atom. The largest absolute Gasteiger partial charge is 0.393 e. The molecule has 1 aliphatic heterocycles. The molecule has 0 aliphatic carbocycles. The van der Waals surface area contributed by atoms with Gasteiger partial charge < -0.3 is 16.0 Å². The van der Waals surface area contributed by atoms with E-state index in [-0.39, 0.29) is 17.3 Å². The van der Waals surface area contributed by atoms with Gasteiger partial charge in [0.05, 0.1) is 11.4 Å². The summed E-state index contributed by atoms with van der Waals surface area (Å²) in [5.41, 5.74) is 7.30. The zero-order chi connectivity index (χ0) is 13.0. The summed E-state index contributed by atoms with van der Waals surface area (Å²) in [5, 5.41) is 2.77. The summed E-state index contributed by atoms with van der Waals surface area (Å²) in [6, 6.07) is 7.87. The molecular weight excluding hydrogens is 246 g/mol. The van der Waals surface area contributed by atoms with Crippen LogP contribution in [0.2, 0.25) is 0 Å². The third-order valence-corrected chi connectivity index (χ3v) is 3.10. The van der Waals surface area contributed by atoms with Crippen LogP contribution in [-0.4, -0.2) is 24.0 Å². The number of anilines is 2. The highest BCUT2D eigenvalue weighted by Crippen LogP contribution is 2.21. The molecule has 1 saturated heterocycles. The number of hydrogen-bond donors (Lipinski definition) is 2. The third kappa shape index (κ3) is 3.43. The Labute approximate surface area is 112 Å². The molecule has 0 aromatic heterocycles. The van der Waals surface area contributed by atoms with E-state index in [1.54, 1.807) is 0 Å². The lowest BCUT2D eigenvalue weighted by molar-refractivity contribution is -0.115. The number of thiocarbonyl (C=S) groups is 1. The van der Waals surface area contributed by atoms with E-state index < -0.39 is 0 Å². The fourth-order valence-electron chi connectivity index (χ4n) is 2.09. The minimum atomic E-state index is -0.170. The summed E-state index contributed by atoms with van der Waals surface area (Å²) >= 11 is 4.69. The number of hydrogen-bond acceptors (Lipinski definition) is 3. The van der Waals surface area contributed by atoms with Crippen molar-refractivity contribution in [3.63, 3.8) is 0 Å². The summed E-state index contributed by atoms with van der Waals surface area (Å²) < 4.78 is 0. The van der Waals surface area contributed by atoms with E-state index in [4.69, 9.17) is 18.0 Å². The number of benzene rings is 1. The van der Waals surface area contributed by atoms with Gasteiger partial charge in [-0.3, -0.25) is 4.79 Å². The molecule has 0 bridgehead atoms. The first-order valence-corrected chi connectivity index (χ1v) is 6.49. The molecule has 3 N–H and O–H groups in total. The van der Waals surface area contributed by atoms with Crippen molar-refractivity contribution in [1.29, 1.82) is 0 Å². The zero-order valence-corrected chi connectivity index (χ0v) is 11.0. The van der Waals surface area contributed by atoms with Crippen LogP contribution in [0.1, 0.15) is 19.3 Å². The van der Waals surface area contributed by atoms with E-state index in [1.165, 1.54) is 18.5 Å². The van der Waals surface area contributed by atoms with Crippen molar-refractivity contribution in [3.8, 4) is 0 Å². The molecule has 0 unspecified atom stereocenters. The first-order chi connectivity index (χ1) is 8.65. The average molecular weight is 263 g/mol. The van der Waals surface area contributed by atoms with Crippen molar-refractivity contribution >= 4 is 34.5 Å². The molecule has 0 spiro atoms. The molecule has 1 heterocycles. The summed E-state index contributed by atoms with van der Waals surface area (Å²) in [7, 11) is 0. The summed E-state index contributed by atoms with van der Waals surface area (Å²) in [6.45, 7) is 2.24. The normalized spacial score (nSPS) is 14.6. The highest BCUT2D eigenvalue weighted by molar-refractivity contribution is 7.80. The van der Waals surface area contributed by atoms with E-state index in [1.807, 2.05) is 24.3 Å². The second-order valence-electron chi connectivity index (χ2n) is 4.43. The van der Waals surface area contributed by atoms with Crippen molar-refractivity contribution in [1.82, 2.24) is 0 Å². The van der Waals surface area contributed by atoms with Crippen molar-refractivity contribution < 1.29 is 4.79 Å². The van der Waals surface area contributed by atoms with Gasteiger partial charge in [-0.2, -0.15) is 0 Å². The predicted molar refractivity (Wildman–Crippen MR) is 77.9 cm³/mol. The number of amides is 1. The van der Waals surface area contributed by atoms with Crippen LogP contribution in [0.4, 0.5) is 11.4 Å². The first-order valence-electron chi connectivity index (χ1n) is 6.08. The van der Waals surface area contributed by atoms with Gasteiger partial charge in [0.1, 0.15) is 0 Å². The maximum Gasteiger partial charge on any atom is 0.231 e.